The van der Waals surface area contributed by atoms with Crippen LogP contribution >= 0.6 is 0 Å². The van der Waals surface area contributed by atoms with Crippen molar-refractivity contribution in [3.63, 3.8) is 0 Å². The summed E-state index contributed by atoms with van der Waals surface area (Å²) in [4.78, 5) is 16.5. The molecule has 1 aliphatic heterocycles. The van der Waals surface area contributed by atoms with E-state index in [1.807, 2.05) is 24.3 Å². The van der Waals surface area contributed by atoms with Crippen LogP contribution in [0.2, 0.25) is 0 Å². The molecule has 0 saturated carbocycles. The van der Waals surface area contributed by atoms with Crippen LogP contribution in [0.4, 0.5) is 5.69 Å². The highest BCUT2D eigenvalue weighted by atomic mass is 16.1. The minimum atomic E-state index is 0.0202. The molecule has 1 aromatic rings. The number of hydrogen-bond acceptors (Lipinski definition) is 3. The zero-order chi connectivity index (χ0) is 13.7. The summed E-state index contributed by atoms with van der Waals surface area (Å²) in [5, 5.41) is 2.89. The third-order valence-electron chi connectivity index (χ3n) is 3.53. The van der Waals surface area contributed by atoms with Gasteiger partial charge in [-0.3, -0.25) is 4.79 Å². The van der Waals surface area contributed by atoms with Crippen LogP contribution in [0.1, 0.15) is 23.7 Å². The van der Waals surface area contributed by atoms with E-state index in [1.54, 1.807) is 0 Å². The normalized spacial score (nSPS) is 16.4. The molecule has 4 heteroatoms. The van der Waals surface area contributed by atoms with Gasteiger partial charge in [-0.15, -0.1) is 0 Å². The molecule has 1 heterocycles. The maximum Gasteiger partial charge on any atom is 0.251 e. The Kier molecular flexibility index (Phi) is 4.80. The fourth-order valence-corrected chi connectivity index (χ4v) is 2.23. The molecule has 1 aliphatic rings. The van der Waals surface area contributed by atoms with Gasteiger partial charge >= 0.3 is 0 Å². The second-order valence-electron chi connectivity index (χ2n) is 5.09. The monoisotopic (exact) mass is 261 g/mol. The highest BCUT2D eigenvalue weighted by Crippen LogP contribution is 2.17. The summed E-state index contributed by atoms with van der Waals surface area (Å²) in [6, 6.07) is 7.93. The van der Waals surface area contributed by atoms with E-state index in [-0.39, 0.29) is 5.91 Å². The second kappa shape index (κ2) is 6.57. The van der Waals surface area contributed by atoms with Gasteiger partial charge < -0.3 is 15.1 Å². The summed E-state index contributed by atoms with van der Waals surface area (Å²) >= 11 is 0. The molecule has 1 saturated heterocycles. The number of nitrogens with zero attached hydrogens (tertiary/aromatic N) is 2. The molecular formula is C15H23N3O. The molecule has 19 heavy (non-hydrogen) atoms. The average Bonchev–Trinajstić information content (AvgIpc) is 2.46. The van der Waals surface area contributed by atoms with Gasteiger partial charge in [0.2, 0.25) is 0 Å². The van der Waals surface area contributed by atoms with Crippen molar-refractivity contribution < 1.29 is 4.79 Å². The fraction of sp³-hybridized carbons (Fsp3) is 0.533. The number of nitrogens with one attached hydrogen (secondary N) is 1. The lowest BCUT2D eigenvalue weighted by Crippen LogP contribution is -2.44. The van der Waals surface area contributed by atoms with E-state index in [9.17, 15) is 4.79 Å². The van der Waals surface area contributed by atoms with Gasteiger partial charge in [-0.05, 0) is 37.7 Å². The standard InChI is InChI=1S/C15H23N3O/c1-3-8-16-15(19)13-4-6-14(7-5-13)18-11-9-17(2)10-12-18/h4-7H,3,8-12H2,1-2H3,(H,16,19). The average molecular weight is 261 g/mol. The van der Waals surface area contributed by atoms with E-state index in [0.717, 1.165) is 44.7 Å². The minimum Gasteiger partial charge on any atom is -0.369 e. The number of rotatable bonds is 4. The lowest BCUT2D eigenvalue weighted by molar-refractivity contribution is 0.0953. The largest absolute Gasteiger partial charge is 0.369 e. The molecule has 1 fully saturated rings. The number of carbonyl (C=O) groups is 1. The Labute approximate surface area is 115 Å². The van der Waals surface area contributed by atoms with Crippen molar-refractivity contribution in [3.05, 3.63) is 29.8 Å². The van der Waals surface area contributed by atoms with Gasteiger partial charge in [0.15, 0.2) is 0 Å². The van der Waals surface area contributed by atoms with Crippen LogP contribution in [-0.4, -0.2) is 50.6 Å². The van der Waals surface area contributed by atoms with Crippen molar-refractivity contribution >= 4 is 11.6 Å². The van der Waals surface area contributed by atoms with E-state index in [2.05, 4.69) is 29.1 Å². The zero-order valence-corrected chi connectivity index (χ0v) is 11.9. The SMILES string of the molecule is CCCNC(=O)c1ccc(N2CCN(C)CC2)cc1. The van der Waals surface area contributed by atoms with Gasteiger partial charge in [0, 0.05) is 44.0 Å². The van der Waals surface area contributed by atoms with Crippen LogP contribution in [-0.2, 0) is 0 Å². The van der Waals surface area contributed by atoms with Gasteiger partial charge in [0.25, 0.3) is 5.91 Å². The van der Waals surface area contributed by atoms with E-state index in [1.165, 1.54) is 5.69 Å². The van der Waals surface area contributed by atoms with Crippen LogP contribution in [0.3, 0.4) is 0 Å². The highest BCUT2D eigenvalue weighted by Gasteiger charge is 2.14. The number of likely N-dealkylation sites (N-methyl/N-ethyl adjacent to an activating group) is 1. The number of amides is 1. The van der Waals surface area contributed by atoms with E-state index in [0.29, 0.717) is 0 Å². The summed E-state index contributed by atoms with van der Waals surface area (Å²) in [5.74, 6) is 0.0202. The molecule has 0 aliphatic carbocycles. The molecule has 1 aromatic carbocycles. The highest BCUT2D eigenvalue weighted by molar-refractivity contribution is 5.94. The smallest absolute Gasteiger partial charge is 0.251 e. The van der Waals surface area contributed by atoms with Crippen molar-refractivity contribution in [1.82, 2.24) is 10.2 Å². The summed E-state index contributed by atoms with van der Waals surface area (Å²) in [7, 11) is 2.15. The Bertz CT molecular complexity index is 408. The molecule has 4 nitrogen and oxygen atoms in total. The molecule has 2 rings (SSSR count). The molecule has 0 unspecified atom stereocenters. The number of piperazine rings is 1. The lowest BCUT2D eigenvalue weighted by Gasteiger charge is -2.34. The number of carbonyl (C=O) groups excluding carboxylic acids is 1. The molecule has 104 valence electrons. The van der Waals surface area contributed by atoms with Crippen LogP contribution in [0.25, 0.3) is 0 Å². The summed E-state index contributed by atoms with van der Waals surface area (Å²) in [5.41, 5.74) is 1.95. The summed E-state index contributed by atoms with van der Waals surface area (Å²) in [6.45, 7) is 7.09. The van der Waals surface area contributed by atoms with Crippen LogP contribution < -0.4 is 10.2 Å². The topological polar surface area (TPSA) is 35.6 Å². The fourth-order valence-electron chi connectivity index (χ4n) is 2.23. The maximum absolute atomic E-state index is 11.8. The van der Waals surface area contributed by atoms with Gasteiger partial charge in [-0.2, -0.15) is 0 Å². The van der Waals surface area contributed by atoms with Gasteiger partial charge in [-0.25, -0.2) is 0 Å². The molecule has 0 bridgehead atoms. The third-order valence-corrected chi connectivity index (χ3v) is 3.53. The lowest BCUT2D eigenvalue weighted by atomic mass is 10.1. The number of hydrogen-bond donors (Lipinski definition) is 1. The first kappa shape index (κ1) is 13.9. The van der Waals surface area contributed by atoms with Crippen LogP contribution in [0.5, 0.6) is 0 Å². The predicted molar refractivity (Wildman–Crippen MR) is 78.8 cm³/mol. The van der Waals surface area contributed by atoms with Crippen LogP contribution in [0.15, 0.2) is 24.3 Å². The Morgan fingerprint density at radius 1 is 1.16 bits per heavy atom. The van der Waals surface area contributed by atoms with Crippen molar-refractivity contribution in [3.8, 4) is 0 Å². The second-order valence-corrected chi connectivity index (χ2v) is 5.09. The maximum atomic E-state index is 11.8. The Morgan fingerprint density at radius 2 is 1.79 bits per heavy atom. The van der Waals surface area contributed by atoms with Gasteiger partial charge in [-0.1, -0.05) is 6.92 Å². The third kappa shape index (κ3) is 3.70. The molecule has 0 atom stereocenters. The quantitative estimate of drug-likeness (QED) is 0.894. The Hall–Kier alpha value is -1.55. The molecule has 1 N–H and O–H groups in total. The molecule has 0 radical (unpaired) electrons. The molecular weight excluding hydrogens is 238 g/mol. The first-order chi connectivity index (χ1) is 9.20. The van der Waals surface area contributed by atoms with Gasteiger partial charge in [0.05, 0.1) is 0 Å². The number of benzene rings is 1. The molecule has 0 spiro atoms. The summed E-state index contributed by atoms with van der Waals surface area (Å²) < 4.78 is 0. The minimum absolute atomic E-state index is 0.0202. The zero-order valence-electron chi connectivity index (χ0n) is 11.9. The van der Waals surface area contributed by atoms with E-state index < -0.39 is 0 Å². The first-order valence-electron chi connectivity index (χ1n) is 7.02. The molecule has 1 amide bonds. The predicted octanol–water partition coefficient (Wildman–Crippen LogP) is 1.58. The molecule has 0 aromatic heterocycles. The van der Waals surface area contributed by atoms with E-state index >= 15 is 0 Å². The summed E-state index contributed by atoms with van der Waals surface area (Å²) in [6.07, 6.45) is 0.963. The number of anilines is 1. The Morgan fingerprint density at radius 3 is 2.37 bits per heavy atom. The Balaban J connectivity index is 1.96. The first-order valence-corrected chi connectivity index (χ1v) is 7.02. The van der Waals surface area contributed by atoms with E-state index in [4.69, 9.17) is 0 Å². The van der Waals surface area contributed by atoms with Crippen molar-refractivity contribution in [2.24, 2.45) is 0 Å². The van der Waals surface area contributed by atoms with Crippen molar-refractivity contribution in [2.45, 2.75) is 13.3 Å². The van der Waals surface area contributed by atoms with Crippen molar-refractivity contribution in [2.75, 3.05) is 44.7 Å². The van der Waals surface area contributed by atoms with Crippen LogP contribution in [0, 0.1) is 0 Å². The van der Waals surface area contributed by atoms with Gasteiger partial charge in [0.1, 0.15) is 0 Å². The van der Waals surface area contributed by atoms with Crippen molar-refractivity contribution in [1.29, 1.82) is 0 Å².